The molecule has 2 heterocycles. The Morgan fingerprint density at radius 2 is 0.588 bits per heavy atom. The molecule has 0 radical (unpaired) electrons. The second-order valence-corrected chi connectivity index (χ2v) is 318. The van der Waals surface area contributed by atoms with Crippen molar-refractivity contribution in [1.29, 1.82) is 0 Å². The topological polar surface area (TPSA) is 0 Å². The molecule has 100 valence electrons. The fourth-order valence-corrected chi connectivity index (χ4v) is 3570. The van der Waals surface area contributed by atoms with E-state index >= 15 is 0 Å². The monoisotopic (exact) mass is 812 g/mol. The van der Waals surface area contributed by atoms with E-state index in [2.05, 4.69) is 49.4 Å². The first-order chi connectivity index (χ1) is 7.23. The molecule has 0 spiro atoms. The molecule has 2 bridgehead atoms. The summed E-state index contributed by atoms with van der Waals surface area (Å²) in [6, 6.07) is 0. The van der Waals surface area contributed by atoms with Gasteiger partial charge in [-0.2, -0.15) is 0 Å². The van der Waals surface area contributed by atoms with Crippen molar-refractivity contribution in [2.24, 2.45) is 0 Å². The van der Waals surface area contributed by atoms with Gasteiger partial charge in [-0.15, -0.1) is 0 Å². The summed E-state index contributed by atoms with van der Waals surface area (Å²) in [6.45, 7) is 0. The molecule has 2 saturated heterocycles. The Kier molecular flexibility index (Phi) is 5.27. The van der Waals surface area contributed by atoms with Gasteiger partial charge in [-0.05, 0) is 0 Å². The average molecular weight is 806 g/mol. The summed E-state index contributed by atoms with van der Waals surface area (Å²) in [5, 5.41) is 0. The van der Waals surface area contributed by atoms with Crippen LogP contribution in [0, 0.1) is 0 Å². The van der Waals surface area contributed by atoms with Crippen molar-refractivity contribution >= 4 is 74.6 Å². The average Bonchev–Trinajstić information content (AvgIpc) is 2.14. The quantitative estimate of drug-likeness (QED) is 0.220. The first kappa shape index (κ1) is 18.2. The van der Waals surface area contributed by atoms with Crippen LogP contribution < -0.4 is 0 Å². The third-order valence-corrected chi connectivity index (χ3v) is 1100. The Labute approximate surface area is 120 Å². The van der Waals surface area contributed by atoms with E-state index < -0.39 is 72.8 Å². The number of hydrogen-bond acceptors (Lipinski definition) is 0. The van der Waals surface area contributed by atoms with Gasteiger partial charge in [0.05, 0.1) is 0 Å². The fourth-order valence-electron chi connectivity index (χ4n) is 5.33. The molecule has 0 unspecified atom stereocenters. The van der Waals surface area contributed by atoms with Crippen LogP contribution in [0.1, 0.15) is 0 Å². The van der Waals surface area contributed by atoms with Gasteiger partial charge in [0.1, 0.15) is 0 Å². The Morgan fingerprint density at radius 3 is 0.706 bits per heavy atom. The first-order valence-corrected chi connectivity index (χ1v) is 83.0. The molecule has 0 aromatic rings. The van der Waals surface area contributed by atoms with Gasteiger partial charge >= 0.3 is 124 Å². The van der Waals surface area contributed by atoms with Crippen LogP contribution in [-0.2, 0) is 0 Å². The molecule has 17 heavy (non-hydrogen) atoms. The van der Waals surface area contributed by atoms with Gasteiger partial charge in [0, 0.05) is 0 Å². The number of rotatable bonds is 0. The minimum absolute atomic E-state index is 0.871. The Hall–Kier alpha value is 4.85. The maximum atomic E-state index is 3.00. The van der Waals surface area contributed by atoms with Gasteiger partial charge in [-0.3, -0.25) is 0 Å². The molecule has 0 aromatic carbocycles. The molecule has 0 nitrogen and oxygen atoms in total. The summed E-state index contributed by atoms with van der Waals surface area (Å²) in [5.41, 5.74) is 0. The molecule has 2 aliphatic rings. The van der Waals surface area contributed by atoms with E-state index in [1.165, 1.54) is 0 Å². The van der Waals surface area contributed by atoms with Crippen molar-refractivity contribution in [1.82, 2.24) is 0 Å². The molecule has 0 N–H and O–H groups in total. The standard InChI is InChI=1S/10CH3.2P.5Sn/h10*1H3;;;;;;;. The van der Waals surface area contributed by atoms with Gasteiger partial charge in [0.2, 0.25) is 0 Å². The van der Waals surface area contributed by atoms with Gasteiger partial charge in [-0.25, -0.2) is 0 Å². The van der Waals surface area contributed by atoms with Gasteiger partial charge in [0.25, 0.3) is 0 Å². The van der Waals surface area contributed by atoms with E-state index in [9.17, 15) is 0 Å². The molecule has 2 rings (SSSR count). The molecule has 2 aliphatic heterocycles. The van der Waals surface area contributed by atoms with Crippen LogP contribution in [0.25, 0.3) is 0 Å². The first-order valence-electron chi connectivity index (χ1n) is 6.84. The van der Waals surface area contributed by atoms with E-state index in [-0.39, 0.29) is 0 Å². The Morgan fingerprint density at radius 1 is 0.412 bits per heavy atom. The van der Waals surface area contributed by atoms with Crippen molar-refractivity contribution < 1.29 is 0 Å². The molecule has 0 atom stereocenters. The molecular weight excluding hydrogens is 776 g/mol. The zero-order valence-corrected chi connectivity index (χ0v) is 29.5. The summed E-state index contributed by atoms with van der Waals surface area (Å²) in [6.07, 6.45) is 0. The third-order valence-electron chi connectivity index (χ3n) is 6.32. The summed E-state index contributed by atoms with van der Waals surface area (Å²) < 4.78 is 1.74. The van der Waals surface area contributed by atoms with E-state index in [4.69, 9.17) is 0 Å². The second kappa shape index (κ2) is 4.92. The fraction of sp³-hybridized carbons (Fsp3) is 1.00. The predicted octanol–water partition coefficient (Wildman–Crippen LogP) is 5.66. The van der Waals surface area contributed by atoms with Crippen molar-refractivity contribution in [3.05, 3.63) is 0 Å². The normalized spacial score (nSPS) is 42.7. The van der Waals surface area contributed by atoms with E-state index in [0.29, 0.717) is 0 Å². The number of hydrogen-bond donors (Lipinski definition) is 0. The zero-order valence-electron chi connectivity index (χ0n) is 13.4. The van der Waals surface area contributed by atoms with Crippen LogP contribution >= 0.6 is 1.76 Å². The van der Waals surface area contributed by atoms with Crippen molar-refractivity contribution in [3.63, 3.8) is 0 Å². The summed E-state index contributed by atoms with van der Waals surface area (Å²) in [5.74, 6) is 0. The molecule has 2 fully saturated rings. The Bertz CT molecular complexity index is 313. The maximum absolute atomic E-state index is 3.00. The second-order valence-electron chi connectivity index (χ2n) is 8.40. The summed E-state index contributed by atoms with van der Waals surface area (Å²) in [7, 11) is 0. The predicted molar refractivity (Wildman–Crippen MR) is 101 cm³/mol. The van der Waals surface area contributed by atoms with Gasteiger partial charge in [0.15, 0.2) is 0 Å². The molecule has 0 aromatic heterocycles. The Balaban J connectivity index is 2.73. The molecular formula is C10H30P2Sn5. The van der Waals surface area contributed by atoms with Crippen LogP contribution in [0.3, 0.4) is 0 Å². The van der Waals surface area contributed by atoms with Crippen LogP contribution in [0.5, 0.6) is 0 Å². The van der Waals surface area contributed by atoms with Crippen LogP contribution in [0.15, 0.2) is 0 Å². The van der Waals surface area contributed by atoms with E-state index in [1.54, 1.807) is 0 Å². The molecule has 7 heteroatoms. The zero-order chi connectivity index (χ0) is 13.7. The van der Waals surface area contributed by atoms with Crippen LogP contribution in [0.2, 0.25) is 49.4 Å². The third kappa shape index (κ3) is 2.14. The van der Waals surface area contributed by atoms with Gasteiger partial charge < -0.3 is 0 Å². The molecule has 0 amide bonds. The SMILES string of the molecule is [CH3][Sn]1([CH3])[P]2[Sn]([CH3])([CH3])[Sn]([CH3])([CH3])[P]1[Sn]([CH3])([CH3])[Sn]2([CH3])[CH3]. The summed E-state index contributed by atoms with van der Waals surface area (Å²) in [4.78, 5) is 30.0. The molecule has 0 aliphatic carbocycles. The van der Waals surface area contributed by atoms with E-state index in [0.717, 1.165) is 1.76 Å². The minimum atomic E-state index is -1.51. The van der Waals surface area contributed by atoms with Crippen LogP contribution in [0.4, 0.5) is 0 Å². The van der Waals surface area contributed by atoms with Crippen molar-refractivity contribution in [2.75, 3.05) is 0 Å². The summed E-state index contributed by atoms with van der Waals surface area (Å²) >= 11 is -7.52. The van der Waals surface area contributed by atoms with E-state index in [1.807, 2.05) is 0 Å². The number of fused-ring (bicyclic) bond motifs is 2. The van der Waals surface area contributed by atoms with Crippen molar-refractivity contribution in [2.45, 2.75) is 49.4 Å². The van der Waals surface area contributed by atoms with Crippen molar-refractivity contribution in [3.8, 4) is 0 Å². The van der Waals surface area contributed by atoms with Gasteiger partial charge in [-0.1, -0.05) is 0 Å². The molecule has 0 saturated carbocycles. The van der Waals surface area contributed by atoms with Crippen LogP contribution in [-0.4, -0.2) is 72.8 Å².